The molecular formula is C40H29NO. The minimum Gasteiger partial charge on any atom is -0.276 e. The summed E-state index contributed by atoms with van der Waals surface area (Å²) < 4.78 is 1.91. The van der Waals surface area contributed by atoms with Gasteiger partial charge in [0.1, 0.15) is 0 Å². The molecular weight excluding hydrogens is 510 g/mol. The second-order valence-corrected chi connectivity index (χ2v) is 11.8. The van der Waals surface area contributed by atoms with Gasteiger partial charge in [-0.15, -0.1) is 0 Å². The fourth-order valence-corrected chi connectivity index (χ4v) is 6.86. The molecule has 8 rings (SSSR count). The molecule has 1 heterocycles. The van der Waals surface area contributed by atoms with Gasteiger partial charge in [-0.3, -0.25) is 9.36 Å². The summed E-state index contributed by atoms with van der Waals surface area (Å²) in [5.41, 5.74) is 11.0. The van der Waals surface area contributed by atoms with Crippen LogP contribution in [0.4, 0.5) is 0 Å². The van der Waals surface area contributed by atoms with Crippen LogP contribution in [0.2, 0.25) is 0 Å². The van der Waals surface area contributed by atoms with Crippen LogP contribution >= 0.6 is 0 Å². The predicted molar refractivity (Wildman–Crippen MR) is 175 cm³/mol. The van der Waals surface area contributed by atoms with Gasteiger partial charge in [-0.1, -0.05) is 117 Å². The Hall–Kier alpha value is -5.21. The van der Waals surface area contributed by atoms with Gasteiger partial charge >= 0.3 is 0 Å². The molecule has 1 aliphatic carbocycles. The van der Waals surface area contributed by atoms with Crippen molar-refractivity contribution in [2.75, 3.05) is 0 Å². The summed E-state index contributed by atoms with van der Waals surface area (Å²) in [5.74, 6) is 0. The highest BCUT2D eigenvalue weighted by atomic mass is 16.1. The van der Waals surface area contributed by atoms with Crippen LogP contribution in [0.25, 0.3) is 60.7 Å². The fraction of sp³-hybridized carbons (Fsp3) is 0.0750. The number of nitrogens with zero attached hydrogens (tertiary/aromatic N) is 1. The standard InChI is InChI=1S/C40H29NO/c1-40(2)36-19-11-9-17-31(36)34-24-33-32-18-10-12-20-38(32)41(39(42)35(33)25-37(34)40)30-22-28(26-13-5-3-6-14-26)21-29(23-30)27-15-7-4-8-16-27/h3-25H,1-2H3. The summed E-state index contributed by atoms with van der Waals surface area (Å²) in [7, 11) is 0. The molecule has 0 radical (unpaired) electrons. The van der Waals surface area contributed by atoms with Crippen LogP contribution in [-0.4, -0.2) is 4.57 Å². The molecule has 0 bridgehead atoms. The van der Waals surface area contributed by atoms with Gasteiger partial charge in [0.25, 0.3) is 5.56 Å². The highest BCUT2D eigenvalue weighted by Gasteiger charge is 2.36. The molecule has 6 aromatic carbocycles. The third-order valence-electron chi connectivity index (χ3n) is 8.98. The van der Waals surface area contributed by atoms with E-state index >= 15 is 0 Å². The zero-order valence-corrected chi connectivity index (χ0v) is 23.6. The highest BCUT2D eigenvalue weighted by molar-refractivity contribution is 6.09. The SMILES string of the molecule is CC1(C)c2ccccc2-c2cc3c(cc21)c(=O)n(-c1cc(-c2ccccc2)cc(-c2ccccc2)c1)c1ccccc31. The van der Waals surface area contributed by atoms with Gasteiger partial charge < -0.3 is 0 Å². The van der Waals surface area contributed by atoms with Crippen molar-refractivity contribution in [3.05, 3.63) is 161 Å². The third kappa shape index (κ3) is 3.62. The van der Waals surface area contributed by atoms with Gasteiger partial charge in [0, 0.05) is 16.2 Å². The number of fused-ring (bicyclic) bond motifs is 6. The summed E-state index contributed by atoms with van der Waals surface area (Å²) in [4.78, 5) is 14.7. The van der Waals surface area contributed by atoms with Gasteiger partial charge in [0.2, 0.25) is 0 Å². The number of aromatic nitrogens is 1. The largest absolute Gasteiger partial charge is 0.276 e. The Bertz CT molecular complexity index is 2170. The molecule has 2 nitrogen and oxygen atoms in total. The van der Waals surface area contributed by atoms with Crippen molar-refractivity contribution in [1.82, 2.24) is 4.57 Å². The number of rotatable bonds is 3. The quantitative estimate of drug-likeness (QED) is 0.205. The molecule has 42 heavy (non-hydrogen) atoms. The van der Waals surface area contributed by atoms with Crippen LogP contribution in [0.5, 0.6) is 0 Å². The van der Waals surface area contributed by atoms with E-state index in [0.29, 0.717) is 0 Å². The fourth-order valence-electron chi connectivity index (χ4n) is 6.86. The molecule has 7 aromatic rings. The number of benzene rings is 6. The summed E-state index contributed by atoms with van der Waals surface area (Å²) in [6, 6.07) is 48.7. The third-order valence-corrected chi connectivity index (χ3v) is 8.98. The lowest BCUT2D eigenvalue weighted by molar-refractivity contribution is 0.661. The number of para-hydroxylation sites is 1. The van der Waals surface area contributed by atoms with E-state index in [4.69, 9.17) is 0 Å². The minimum atomic E-state index is -0.184. The average molecular weight is 540 g/mol. The molecule has 0 spiro atoms. The van der Waals surface area contributed by atoms with Crippen LogP contribution in [0.1, 0.15) is 25.0 Å². The van der Waals surface area contributed by atoms with Crippen molar-refractivity contribution in [3.63, 3.8) is 0 Å². The molecule has 2 heteroatoms. The molecule has 0 fully saturated rings. The maximum Gasteiger partial charge on any atom is 0.263 e. The lowest BCUT2D eigenvalue weighted by Crippen LogP contribution is -2.21. The molecule has 0 saturated heterocycles. The summed E-state index contributed by atoms with van der Waals surface area (Å²) in [6.45, 7) is 4.52. The van der Waals surface area contributed by atoms with Crippen LogP contribution in [-0.2, 0) is 5.41 Å². The first-order valence-corrected chi connectivity index (χ1v) is 14.5. The van der Waals surface area contributed by atoms with Crippen molar-refractivity contribution in [2.45, 2.75) is 19.3 Å². The zero-order valence-electron chi connectivity index (χ0n) is 23.6. The maximum atomic E-state index is 14.7. The van der Waals surface area contributed by atoms with Gasteiger partial charge in [0.15, 0.2) is 0 Å². The van der Waals surface area contributed by atoms with E-state index in [-0.39, 0.29) is 11.0 Å². The van der Waals surface area contributed by atoms with E-state index in [1.807, 2.05) is 22.8 Å². The molecule has 0 atom stereocenters. The number of pyridine rings is 1. The van der Waals surface area contributed by atoms with Gasteiger partial charge in [0.05, 0.1) is 11.2 Å². The normalized spacial score (nSPS) is 13.3. The van der Waals surface area contributed by atoms with E-state index in [9.17, 15) is 4.79 Å². The molecule has 0 aliphatic heterocycles. The van der Waals surface area contributed by atoms with Crippen LogP contribution < -0.4 is 5.56 Å². The molecule has 0 unspecified atom stereocenters. The first-order valence-electron chi connectivity index (χ1n) is 14.5. The van der Waals surface area contributed by atoms with E-state index in [0.717, 1.165) is 49.6 Å². The van der Waals surface area contributed by atoms with Crippen molar-refractivity contribution in [2.24, 2.45) is 0 Å². The Morgan fingerprint density at radius 2 is 1.07 bits per heavy atom. The first-order chi connectivity index (χ1) is 20.5. The number of hydrogen-bond donors (Lipinski definition) is 0. The second kappa shape index (κ2) is 9.15. The van der Waals surface area contributed by atoms with Crippen molar-refractivity contribution in [1.29, 1.82) is 0 Å². The molecule has 0 saturated carbocycles. The summed E-state index contributed by atoms with van der Waals surface area (Å²) in [5, 5.41) is 2.82. The van der Waals surface area contributed by atoms with Crippen molar-refractivity contribution < 1.29 is 0 Å². The van der Waals surface area contributed by atoms with Crippen LogP contribution in [0.3, 0.4) is 0 Å². The summed E-state index contributed by atoms with van der Waals surface area (Å²) >= 11 is 0. The van der Waals surface area contributed by atoms with Gasteiger partial charge in [-0.25, -0.2) is 0 Å². The Balaban J connectivity index is 1.46. The van der Waals surface area contributed by atoms with Crippen molar-refractivity contribution >= 4 is 21.7 Å². The van der Waals surface area contributed by atoms with Gasteiger partial charge in [-0.2, -0.15) is 0 Å². The molecule has 0 N–H and O–H groups in total. The van der Waals surface area contributed by atoms with E-state index < -0.39 is 0 Å². The minimum absolute atomic E-state index is 0.00230. The average Bonchev–Trinajstić information content (AvgIpc) is 3.27. The smallest absolute Gasteiger partial charge is 0.263 e. The molecule has 200 valence electrons. The van der Waals surface area contributed by atoms with E-state index in [2.05, 4.69) is 135 Å². The number of hydrogen-bond acceptors (Lipinski definition) is 1. The van der Waals surface area contributed by atoms with Gasteiger partial charge in [-0.05, 0) is 86.3 Å². The summed E-state index contributed by atoms with van der Waals surface area (Å²) in [6.07, 6.45) is 0. The topological polar surface area (TPSA) is 22.0 Å². The predicted octanol–water partition coefficient (Wildman–Crippen LogP) is 9.78. The second-order valence-electron chi connectivity index (χ2n) is 11.8. The first kappa shape index (κ1) is 24.6. The molecule has 0 amide bonds. The maximum absolute atomic E-state index is 14.7. The Morgan fingerprint density at radius 3 is 1.76 bits per heavy atom. The van der Waals surface area contributed by atoms with Crippen LogP contribution in [0, 0.1) is 0 Å². The lowest BCUT2D eigenvalue weighted by atomic mass is 9.82. The molecule has 1 aliphatic rings. The Kier molecular flexibility index (Phi) is 5.36. The Morgan fingerprint density at radius 1 is 0.476 bits per heavy atom. The Labute approximate surface area is 245 Å². The zero-order chi connectivity index (χ0) is 28.4. The lowest BCUT2D eigenvalue weighted by Gasteiger charge is -2.22. The molecule has 1 aromatic heterocycles. The van der Waals surface area contributed by atoms with E-state index in [1.54, 1.807) is 0 Å². The van der Waals surface area contributed by atoms with Crippen LogP contribution in [0.15, 0.2) is 144 Å². The van der Waals surface area contributed by atoms with E-state index in [1.165, 1.54) is 22.3 Å². The highest BCUT2D eigenvalue weighted by Crippen LogP contribution is 2.50. The monoisotopic (exact) mass is 539 g/mol. The van der Waals surface area contributed by atoms with Crippen molar-refractivity contribution in [3.8, 4) is 39.1 Å².